The van der Waals surface area contributed by atoms with Gasteiger partial charge in [-0.2, -0.15) is 5.10 Å². The van der Waals surface area contributed by atoms with Crippen molar-refractivity contribution in [3.8, 4) is 0 Å². The first-order valence-electron chi connectivity index (χ1n) is 10.7. The third-order valence-electron chi connectivity index (χ3n) is 6.42. The molecule has 0 bridgehead atoms. The molecule has 0 aliphatic carbocycles. The average Bonchev–Trinajstić information content (AvgIpc) is 3.12. The maximum absolute atomic E-state index is 13.6. The second-order valence-electron chi connectivity index (χ2n) is 8.57. The highest BCUT2D eigenvalue weighted by Crippen LogP contribution is 2.43. The molecule has 0 aromatic carbocycles. The Bertz CT molecular complexity index is 728. The number of hydrogen-bond acceptors (Lipinski definition) is 4. The van der Waals surface area contributed by atoms with E-state index in [0.29, 0.717) is 25.3 Å². The summed E-state index contributed by atoms with van der Waals surface area (Å²) in [6.45, 7) is 11.8. The summed E-state index contributed by atoms with van der Waals surface area (Å²) in [6, 6.07) is 1.84. The molecule has 2 fully saturated rings. The van der Waals surface area contributed by atoms with Gasteiger partial charge in [0.25, 0.3) is 5.91 Å². The van der Waals surface area contributed by atoms with E-state index in [0.717, 1.165) is 38.0 Å². The number of amides is 2. The van der Waals surface area contributed by atoms with Gasteiger partial charge in [-0.25, -0.2) is 0 Å². The zero-order valence-corrected chi connectivity index (χ0v) is 18.0. The summed E-state index contributed by atoms with van der Waals surface area (Å²) in [5.74, 6) is 0.392. The molecule has 1 aromatic rings. The molecule has 7 heteroatoms. The van der Waals surface area contributed by atoms with Crippen LogP contribution < -0.4 is 5.32 Å². The molecule has 0 radical (unpaired) electrons. The quantitative estimate of drug-likeness (QED) is 0.837. The van der Waals surface area contributed by atoms with Crippen LogP contribution in [0.15, 0.2) is 6.07 Å². The lowest BCUT2D eigenvalue weighted by molar-refractivity contribution is -0.142. The topological polar surface area (TPSA) is 70.5 Å². The van der Waals surface area contributed by atoms with Crippen LogP contribution in [-0.4, -0.2) is 70.7 Å². The monoisotopic (exact) mass is 389 g/mol. The van der Waals surface area contributed by atoms with Crippen molar-refractivity contribution < 1.29 is 9.59 Å². The Hall–Kier alpha value is -1.89. The van der Waals surface area contributed by atoms with E-state index in [9.17, 15) is 9.59 Å². The summed E-state index contributed by atoms with van der Waals surface area (Å²) in [5.41, 5.74) is 1.11. The molecule has 2 aliphatic heterocycles. The zero-order valence-electron chi connectivity index (χ0n) is 18.0. The summed E-state index contributed by atoms with van der Waals surface area (Å²) in [7, 11) is 2.08. The molecule has 28 heavy (non-hydrogen) atoms. The minimum atomic E-state index is -0.478. The number of likely N-dealkylation sites (N-methyl/N-ethyl adjacent to an activating group) is 1. The number of nitrogens with zero attached hydrogens (tertiary/aromatic N) is 4. The lowest BCUT2D eigenvalue weighted by atomic mass is 9.67. The number of carbonyl (C=O) groups is 2. The molecule has 1 N–H and O–H groups in total. The molecule has 156 valence electrons. The van der Waals surface area contributed by atoms with E-state index in [1.807, 2.05) is 29.5 Å². The number of fused-ring (bicyclic) bond motifs is 1. The van der Waals surface area contributed by atoms with Crippen LogP contribution in [0.2, 0.25) is 0 Å². The molecule has 0 spiro atoms. The number of likely N-dealkylation sites (tertiary alicyclic amines) is 2. The highest BCUT2D eigenvalue weighted by molar-refractivity contribution is 5.94. The number of hydrogen-bond donors (Lipinski definition) is 1. The molecule has 2 atom stereocenters. The SMILES string of the molecule is CCNC(=O)[C@@]12CCCN(C(=O)c3cc(C(C)C)nn3CC)[C@H]1CN(C)CC2. The number of piperidine rings is 2. The fourth-order valence-electron chi connectivity index (χ4n) is 4.76. The van der Waals surface area contributed by atoms with Gasteiger partial charge in [0.1, 0.15) is 5.69 Å². The highest BCUT2D eigenvalue weighted by Gasteiger charge is 2.53. The molecule has 1 aromatic heterocycles. The number of aryl methyl sites for hydroxylation is 1. The van der Waals surface area contributed by atoms with Crippen molar-refractivity contribution in [2.45, 2.75) is 65.5 Å². The van der Waals surface area contributed by atoms with Gasteiger partial charge in [-0.3, -0.25) is 14.3 Å². The van der Waals surface area contributed by atoms with Gasteiger partial charge < -0.3 is 15.1 Å². The molecule has 0 unspecified atom stereocenters. The number of rotatable bonds is 5. The van der Waals surface area contributed by atoms with Gasteiger partial charge in [-0.05, 0) is 58.7 Å². The van der Waals surface area contributed by atoms with Crippen molar-refractivity contribution in [2.24, 2.45) is 5.41 Å². The third-order valence-corrected chi connectivity index (χ3v) is 6.42. The second-order valence-corrected chi connectivity index (χ2v) is 8.57. The molecule has 2 aliphatic rings. The Kier molecular flexibility index (Phi) is 6.12. The first kappa shape index (κ1) is 20.8. The van der Waals surface area contributed by atoms with Crippen molar-refractivity contribution in [1.29, 1.82) is 0 Å². The van der Waals surface area contributed by atoms with Crippen molar-refractivity contribution in [1.82, 2.24) is 24.9 Å². The van der Waals surface area contributed by atoms with E-state index in [2.05, 4.69) is 36.2 Å². The minimum absolute atomic E-state index is 0.00919. The molecule has 3 heterocycles. The van der Waals surface area contributed by atoms with E-state index >= 15 is 0 Å². The molecule has 3 rings (SSSR count). The van der Waals surface area contributed by atoms with Crippen molar-refractivity contribution in [3.63, 3.8) is 0 Å². The van der Waals surface area contributed by atoms with Gasteiger partial charge in [0.05, 0.1) is 17.2 Å². The van der Waals surface area contributed by atoms with Crippen LogP contribution >= 0.6 is 0 Å². The second kappa shape index (κ2) is 8.23. The maximum atomic E-state index is 13.6. The fourth-order valence-corrected chi connectivity index (χ4v) is 4.76. The van der Waals surface area contributed by atoms with Crippen LogP contribution in [0.1, 0.15) is 69.1 Å². The lowest BCUT2D eigenvalue weighted by Crippen LogP contribution is -2.66. The number of aromatic nitrogens is 2. The van der Waals surface area contributed by atoms with Gasteiger partial charge in [0.2, 0.25) is 5.91 Å². The minimum Gasteiger partial charge on any atom is -0.356 e. The fraction of sp³-hybridized carbons (Fsp3) is 0.762. The smallest absolute Gasteiger partial charge is 0.272 e. The highest BCUT2D eigenvalue weighted by atomic mass is 16.2. The molecule has 2 amide bonds. The predicted octanol–water partition coefficient (Wildman–Crippen LogP) is 2.09. The Morgan fingerprint density at radius 3 is 2.68 bits per heavy atom. The van der Waals surface area contributed by atoms with E-state index in [1.54, 1.807) is 0 Å². The Balaban J connectivity index is 1.96. The van der Waals surface area contributed by atoms with Gasteiger partial charge in [-0.1, -0.05) is 13.8 Å². The van der Waals surface area contributed by atoms with Crippen LogP contribution in [0.3, 0.4) is 0 Å². The van der Waals surface area contributed by atoms with Crippen molar-refractivity contribution >= 4 is 11.8 Å². The maximum Gasteiger partial charge on any atom is 0.272 e. The predicted molar refractivity (Wildman–Crippen MR) is 109 cm³/mol. The van der Waals surface area contributed by atoms with Gasteiger partial charge in [0, 0.05) is 26.2 Å². The summed E-state index contributed by atoms with van der Waals surface area (Å²) >= 11 is 0. The summed E-state index contributed by atoms with van der Waals surface area (Å²) in [4.78, 5) is 30.9. The van der Waals surface area contributed by atoms with E-state index in [-0.39, 0.29) is 23.8 Å². The average molecular weight is 390 g/mol. The van der Waals surface area contributed by atoms with Crippen molar-refractivity contribution in [3.05, 3.63) is 17.5 Å². The van der Waals surface area contributed by atoms with Crippen LogP contribution in [-0.2, 0) is 11.3 Å². The van der Waals surface area contributed by atoms with Crippen LogP contribution in [0.4, 0.5) is 0 Å². The van der Waals surface area contributed by atoms with Crippen LogP contribution in [0, 0.1) is 5.41 Å². The Labute approximate surface area is 168 Å². The van der Waals surface area contributed by atoms with Crippen molar-refractivity contribution in [2.75, 3.05) is 33.2 Å². The normalized spacial score (nSPS) is 25.6. The Morgan fingerprint density at radius 2 is 2.04 bits per heavy atom. The summed E-state index contributed by atoms with van der Waals surface area (Å²) < 4.78 is 1.81. The zero-order chi connectivity index (χ0) is 20.5. The first-order valence-corrected chi connectivity index (χ1v) is 10.7. The molecule has 7 nitrogen and oxygen atoms in total. The number of carbonyl (C=O) groups excluding carboxylic acids is 2. The van der Waals surface area contributed by atoms with Gasteiger partial charge in [0.15, 0.2) is 0 Å². The van der Waals surface area contributed by atoms with Crippen LogP contribution in [0.5, 0.6) is 0 Å². The third kappa shape index (κ3) is 3.56. The van der Waals surface area contributed by atoms with Gasteiger partial charge in [-0.15, -0.1) is 0 Å². The Morgan fingerprint density at radius 1 is 1.29 bits per heavy atom. The number of nitrogens with one attached hydrogen (secondary N) is 1. The molecular formula is C21H35N5O2. The summed E-state index contributed by atoms with van der Waals surface area (Å²) in [5, 5.41) is 7.67. The molecule has 0 saturated carbocycles. The largest absolute Gasteiger partial charge is 0.356 e. The summed E-state index contributed by atoms with van der Waals surface area (Å²) in [6.07, 6.45) is 2.51. The molecule has 2 saturated heterocycles. The first-order chi connectivity index (χ1) is 13.3. The molecular weight excluding hydrogens is 354 g/mol. The standard InChI is InChI=1S/C21H35N5O2/c1-6-22-20(28)21-9-8-11-25(18(21)14-24(5)12-10-21)19(27)17-13-16(15(3)4)23-26(17)7-2/h13,15,18H,6-12,14H2,1-5H3,(H,22,28)/t18-,21+/m0/s1. The van der Waals surface area contributed by atoms with Gasteiger partial charge >= 0.3 is 0 Å². The van der Waals surface area contributed by atoms with E-state index in [1.165, 1.54) is 0 Å². The van der Waals surface area contributed by atoms with E-state index < -0.39 is 5.41 Å². The lowest BCUT2D eigenvalue weighted by Gasteiger charge is -2.53. The van der Waals surface area contributed by atoms with E-state index in [4.69, 9.17) is 0 Å². The van der Waals surface area contributed by atoms with Crippen LogP contribution in [0.25, 0.3) is 0 Å².